The zero-order valence-electron chi connectivity index (χ0n) is 9.92. The van der Waals surface area contributed by atoms with Crippen LogP contribution in [0.15, 0.2) is 24.5 Å². The normalized spacial score (nSPS) is 11.6. The predicted molar refractivity (Wildman–Crippen MR) is 64.3 cm³/mol. The maximum atomic E-state index is 11.5. The Bertz CT molecular complexity index is 397. The number of ether oxygens (including phenoxy) is 1. The number of anilines is 1. The molecule has 98 valence electrons. The number of carboxylic acid groups (broad SMARTS) is 1. The van der Waals surface area contributed by atoms with Gasteiger partial charge in [0.2, 0.25) is 0 Å². The van der Waals surface area contributed by atoms with Crippen LogP contribution in [0.25, 0.3) is 0 Å². The van der Waals surface area contributed by atoms with Crippen LogP contribution in [0.2, 0.25) is 0 Å². The van der Waals surface area contributed by atoms with Gasteiger partial charge in [-0.3, -0.25) is 9.78 Å². The molecule has 1 atom stereocenters. The molecule has 2 amide bonds. The summed E-state index contributed by atoms with van der Waals surface area (Å²) in [6.07, 6.45) is 2.38. The van der Waals surface area contributed by atoms with E-state index in [1.165, 1.54) is 13.3 Å². The van der Waals surface area contributed by atoms with Crippen molar-refractivity contribution in [3.63, 3.8) is 0 Å². The Hall–Kier alpha value is -2.15. The highest BCUT2D eigenvalue weighted by atomic mass is 16.5. The van der Waals surface area contributed by atoms with E-state index in [1.54, 1.807) is 18.3 Å². The third-order valence-corrected chi connectivity index (χ3v) is 2.15. The molecule has 0 saturated heterocycles. The van der Waals surface area contributed by atoms with Crippen LogP contribution in [-0.4, -0.2) is 41.8 Å². The van der Waals surface area contributed by atoms with Gasteiger partial charge in [-0.05, 0) is 12.1 Å². The van der Waals surface area contributed by atoms with E-state index >= 15 is 0 Å². The van der Waals surface area contributed by atoms with Crippen molar-refractivity contribution in [1.82, 2.24) is 10.3 Å². The van der Waals surface area contributed by atoms with Crippen LogP contribution < -0.4 is 10.6 Å². The lowest BCUT2D eigenvalue weighted by atomic mass is 10.2. The van der Waals surface area contributed by atoms with Crippen LogP contribution in [0.3, 0.4) is 0 Å². The van der Waals surface area contributed by atoms with E-state index in [2.05, 4.69) is 15.6 Å². The first-order valence-corrected chi connectivity index (χ1v) is 5.31. The quantitative estimate of drug-likeness (QED) is 0.692. The number of amides is 2. The molecule has 0 spiro atoms. The molecule has 0 radical (unpaired) electrons. The fourth-order valence-electron chi connectivity index (χ4n) is 1.25. The van der Waals surface area contributed by atoms with Gasteiger partial charge in [0.1, 0.15) is 0 Å². The second kappa shape index (κ2) is 7.23. The highest BCUT2D eigenvalue weighted by Crippen LogP contribution is 2.02. The zero-order chi connectivity index (χ0) is 13.4. The molecule has 3 N–H and O–H groups in total. The monoisotopic (exact) mass is 253 g/mol. The number of nitrogens with one attached hydrogen (secondary N) is 2. The summed E-state index contributed by atoms with van der Waals surface area (Å²) in [4.78, 5) is 25.8. The summed E-state index contributed by atoms with van der Waals surface area (Å²) in [6.45, 7) is 0.120. The molecule has 0 aromatic carbocycles. The summed E-state index contributed by atoms with van der Waals surface area (Å²) in [6, 6.07) is 2.95. The van der Waals surface area contributed by atoms with E-state index in [-0.39, 0.29) is 13.0 Å². The number of pyridine rings is 1. The number of urea groups is 1. The number of aliphatic carboxylic acids is 1. The maximum Gasteiger partial charge on any atom is 0.319 e. The SMILES string of the molecule is COC(CNC(=O)Nc1cccnc1)CC(=O)O. The Labute approximate surface area is 104 Å². The molecule has 1 heterocycles. The van der Waals surface area contributed by atoms with E-state index in [0.717, 1.165) is 0 Å². The smallest absolute Gasteiger partial charge is 0.319 e. The molecule has 0 aliphatic carbocycles. The molecule has 7 nitrogen and oxygen atoms in total. The molecule has 18 heavy (non-hydrogen) atoms. The van der Waals surface area contributed by atoms with Crippen LogP contribution in [0, 0.1) is 0 Å². The molecule has 0 fully saturated rings. The molecule has 0 aliphatic heterocycles. The predicted octanol–water partition coefficient (Wildman–Crippen LogP) is 0.693. The number of rotatable bonds is 6. The van der Waals surface area contributed by atoms with E-state index in [0.29, 0.717) is 5.69 Å². The van der Waals surface area contributed by atoms with Crippen LogP contribution in [0.4, 0.5) is 10.5 Å². The number of methoxy groups -OCH3 is 1. The summed E-state index contributed by atoms with van der Waals surface area (Å²) >= 11 is 0. The Kier molecular flexibility index (Phi) is 5.59. The number of nitrogens with zero attached hydrogens (tertiary/aromatic N) is 1. The average molecular weight is 253 g/mol. The van der Waals surface area contributed by atoms with E-state index in [9.17, 15) is 9.59 Å². The number of carboxylic acids is 1. The van der Waals surface area contributed by atoms with E-state index in [4.69, 9.17) is 9.84 Å². The number of aromatic nitrogens is 1. The van der Waals surface area contributed by atoms with Gasteiger partial charge in [0.15, 0.2) is 0 Å². The van der Waals surface area contributed by atoms with Crippen LogP contribution in [0.1, 0.15) is 6.42 Å². The van der Waals surface area contributed by atoms with Gasteiger partial charge in [0, 0.05) is 19.9 Å². The number of carbonyl (C=O) groups excluding carboxylic acids is 1. The highest BCUT2D eigenvalue weighted by Gasteiger charge is 2.13. The van der Waals surface area contributed by atoms with Crippen molar-refractivity contribution in [2.45, 2.75) is 12.5 Å². The molecule has 0 aliphatic rings. The van der Waals surface area contributed by atoms with E-state index < -0.39 is 18.1 Å². The topological polar surface area (TPSA) is 101 Å². The van der Waals surface area contributed by atoms with Gasteiger partial charge in [0.25, 0.3) is 0 Å². The van der Waals surface area contributed by atoms with Gasteiger partial charge < -0.3 is 20.5 Å². The van der Waals surface area contributed by atoms with Crippen molar-refractivity contribution < 1.29 is 19.4 Å². The standard InChI is InChI=1S/C11H15N3O4/c1-18-9(5-10(15)16)7-13-11(17)14-8-3-2-4-12-6-8/h2-4,6,9H,5,7H2,1H3,(H,15,16)(H2,13,14,17). The third-order valence-electron chi connectivity index (χ3n) is 2.15. The number of hydrogen-bond acceptors (Lipinski definition) is 4. The van der Waals surface area contributed by atoms with Gasteiger partial charge in [-0.1, -0.05) is 0 Å². The molecule has 1 aromatic heterocycles. The molecule has 0 bridgehead atoms. The molecule has 1 aromatic rings. The Balaban J connectivity index is 2.34. The summed E-state index contributed by atoms with van der Waals surface area (Å²) in [5, 5.41) is 13.7. The third kappa shape index (κ3) is 5.26. The average Bonchev–Trinajstić information content (AvgIpc) is 2.35. The number of carbonyl (C=O) groups is 2. The zero-order valence-corrected chi connectivity index (χ0v) is 9.92. The molecule has 0 saturated carbocycles. The first kappa shape index (κ1) is 13.9. The number of hydrogen-bond donors (Lipinski definition) is 3. The minimum atomic E-state index is -0.976. The lowest BCUT2D eigenvalue weighted by Crippen LogP contribution is -2.37. The van der Waals surface area contributed by atoms with Crippen molar-refractivity contribution in [1.29, 1.82) is 0 Å². The Morgan fingerprint density at radius 2 is 2.33 bits per heavy atom. The summed E-state index contributed by atoms with van der Waals surface area (Å²) in [5.74, 6) is -0.976. The second-order valence-electron chi connectivity index (χ2n) is 3.53. The minimum absolute atomic E-state index is 0.120. The van der Waals surface area contributed by atoms with Crippen molar-refractivity contribution in [2.24, 2.45) is 0 Å². The molecule has 1 rings (SSSR count). The van der Waals surface area contributed by atoms with Gasteiger partial charge in [-0.2, -0.15) is 0 Å². The maximum absolute atomic E-state index is 11.5. The summed E-state index contributed by atoms with van der Waals surface area (Å²) < 4.78 is 4.93. The largest absolute Gasteiger partial charge is 0.481 e. The van der Waals surface area contributed by atoms with Crippen molar-refractivity contribution >= 4 is 17.7 Å². The van der Waals surface area contributed by atoms with Crippen LogP contribution >= 0.6 is 0 Å². The van der Waals surface area contributed by atoms with Gasteiger partial charge >= 0.3 is 12.0 Å². The molecule has 7 heteroatoms. The van der Waals surface area contributed by atoms with Crippen molar-refractivity contribution in [3.8, 4) is 0 Å². The highest BCUT2D eigenvalue weighted by molar-refractivity contribution is 5.88. The van der Waals surface area contributed by atoms with Gasteiger partial charge in [0.05, 0.1) is 24.4 Å². The molecular weight excluding hydrogens is 238 g/mol. The van der Waals surface area contributed by atoms with Crippen LogP contribution in [-0.2, 0) is 9.53 Å². The lowest BCUT2D eigenvalue weighted by molar-refractivity contribution is -0.139. The van der Waals surface area contributed by atoms with Gasteiger partial charge in [-0.25, -0.2) is 4.79 Å². The Morgan fingerprint density at radius 1 is 1.56 bits per heavy atom. The molecule has 1 unspecified atom stereocenters. The lowest BCUT2D eigenvalue weighted by Gasteiger charge is -2.14. The first-order valence-electron chi connectivity index (χ1n) is 5.31. The summed E-state index contributed by atoms with van der Waals surface area (Å²) in [5.41, 5.74) is 0.558. The summed E-state index contributed by atoms with van der Waals surface area (Å²) in [7, 11) is 1.40. The fraction of sp³-hybridized carbons (Fsp3) is 0.364. The minimum Gasteiger partial charge on any atom is -0.481 e. The van der Waals surface area contributed by atoms with Crippen molar-refractivity contribution in [3.05, 3.63) is 24.5 Å². The second-order valence-corrected chi connectivity index (χ2v) is 3.53. The van der Waals surface area contributed by atoms with E-state index in [1.807, 2.05) is 0 Å². The van der Waals surface area contributed by atoms with Crippen LogP contribution in [0.5, 0.6) is 0 Å². The Morgan fingerprint density at radius 3 is 2.89 bits per heavy atom. The van der Waals surface area contributed by atoms with Crippen molar-refractivity contribution in [2.75, 3.05) is 19.0 Å². The molecular formula is C11H15N3O4. The first-order chi connectivity index (χ1) is 8.61. The van der Waals surface area contributed by atoms with Gasteiger partial charge in [-0.15, -0.1) is 0 Å². The fourth-order valence-corrected chi connectivity index (χ4v) is 1.25.